The fraction of sp³-hybridized carbons (Fsp3) is 0.240. The van der Waals surface area contributed by atoms with Crippen LogP contribution in [-0.4, -0.2) is 40.9 Å². The molecular formula is C25H25ClFN5O2S. The Morgan fingerprint density at radius 3 is 2.51 bits per heavy atom. The second-order valence-electron chi connectivity index (χ2n) is 7.93. The first-order valence-electron chi connectivity index (χ1n) is 10.8. The van der Waals surface area contributed by atoms with Gasteiger partial charge in [0, 0.05) is 17.0 Å². The minimum Gasteiger partial charge on any atom is -0.497 e. The summed E-state index contributed by atoms with van der Waals surface area (Å²) in [5.41, 5.74) is 3.59. The maximum absolute atomic E-state index is 13.4. The molecule has 0 amide bonds. The van der Waals surface area contributed by atoms with Gasteiger partial charge in [-0.2, -0.15) is 10.2 Å². The molecule has 10 heteroatoms. The molecule has 2 heterocycles. The van der Waals surface area contributed by atoms with Crippen molar-refractivity contribution in [3.05, 3.63) is 74.9 Å². The molecule has 182 valence electrons. The molecule has 0 bridgehead atoms. The van der Waals surface area contributed by atoms with Crippen molar-refractivity contribution in [3.63, 3.8) is 0 Å². The lowest BCUT2D eigenvalue weighted by Crippen LogP contribution is -2.14. The summed E-state index contributed by atoms with van der Waals surface area (Å²) in [5, 5.41) is 11.6. The number of methoxy groups -OCH3 is 2. The fourth-order valence-electron chi connectivity index (χ4n) is 3.45. The normalized spacial score (nSPS) is 12.2. The summed E-state index contributed by atoms with van der Waals surface area (Å²) < 4.78 is 27.7. The number of aryl methyl sites for hydroxylation is 1. The van der Waals surface area contributed by atoms with Gasteiger partial charge in [0.2, 0.25) is 4.80 Å². The number of ether oxygens (including phenoxy) is 2. The largest absolute Gasteiger partial charge is 0.497 e. The summed E-state index contributed by atoms with van der Waals surface area (Å²) in [6, 6.07) is 11.6. The number of aromatic nitrogens is 3. The molecule has 4 aromatic rings. The third kappa shape index (κ3) is 5.16. The minimum absolute atomic E-state index is 0.0710. The number of nitrogens with zero attached hydrogens (tertiary/aromatic N) is 5. The molecule has 0 fully saturated rings. The number of hydrogen-bond acceptors (Lipinski definition) is 6. The topological polar surface area (TPSA) is 65.9 Å². The van der Waals surface area contributed by atoms with E-state index in [2.05, 4.69) is 5.10 Å². The van der Waals surface area contributed by atoms with Crippen molar-refractivity contribution in [3.8, 4) is 28.4 Å². The molecule has 0 aliphatic heterocycles. The van der Waals surface area contributed by atoms with Crippen LogP contribution in [0.3, 0.4) is 0 Å². The van der Waals surface area contributed by atoms with E-state index in [1.807, 2.05) is 44.4 Å². The lowest BCUT2D eigenvalue weighted by atomic mass is 10.1. The third-order valence-electron chi connectivity index (χ3n) is 5.16. The molecule has 0 aliphatic rings. The number of halogens is 2. The summed E-state index contributed by atoms with van der Waals surface area (Å²) in [6.07, 6.45) is 1.66. The number of hydrogen-bond donors (Lipinski definition) is 0. The van der Waals surface area contributed by atoms with Gasteiger partial charge in [-0.1, -0.05) is 11.6 Å². The Bertz CT molecular complexity index is 1440. The van der Waals surface area contributed by atoms with E-state index in [1.54, 1.807) is 41.9 Å². The van der Waals surface area contributed by atoms with Gasteiger partial charge >= 0.3 is 0 Å². The molecule has 0 spiro atoms. The second kappa shape index (κ2) is 10.5. The minimum atomic E-state index is -0.327. The molecule has 0 atom stereocenters. The van der Waals surface area contributed by atoms with Crippen LogP contribution < -0.4 is 14.3 Å². The van der Waals surface area contributed by atoms with E-state index in [0.717, 1.165) is 16.1 Å². The summed E-state index contributed by atoms with van der Waals surface area (Å²) in [7, 11) is 3.24. The van der Waals surface area contributed by atoms with Gasteiger partial charge in [0.15, 0.2) is 0 Å². The highest BCUT2D eigenvalue weighted by Crippen LogP contribution is 2.34. The van der Waals surface area contributed by atoms with Gasteiger partial charge in [-0.3, -0.25) is 4.99 Å². The van der Waals surface area contributed by atoms with Crippen LogP contribution in [0.2, 0.25) is 5.15 Å². The summed E-state index contributed by atoms with van der Waals surface area (Å²) in [5.74, 6) is 1.05. The average Bonchev–Trinajstić information content (AvgIpc) is 3.36. The lowest BCUT2D eigenvalue weighted by molar-refractivity contribution is 0.404. The SMILES string of the molecule is COc1ccc(OC)c(-c2csc(=NC(C)C)n2N=Cc2c(C)nn(-c3ccc(F)cc3)c2Cl)c1. The molecule has 0 saturated carbocycles. The second-order valence-corrected chi connectivity index (χ2v) is 9.12. The van der Waals surface area contributed by atoms with Crippen LogP contribution in [0.5, 0.6) is 11.5 Å². The van der Waals surface area contributed by atoms with Crippen LogP contribution in [-0.2, 0) is 0 Å². The van der Waals surface area contributed by atoms with Crippen molar-refractivity contribution in [2.45, 2.75) is 26.8 Å². The molecule has 2 aromatic heterocycles. The Balaban J connectivity index is 1.84. The van der Waals surface area contributed by atoms with E-state index in [-0.39, 0.29) is 11.9 Å². The standard InChI is InChI=1S/C25H25ClFN5O2S/c1-15(2)29-25-32(22(14-35-25)20-12-19(33-4)10-11-23(20)34-5)28-13-21-16(3)30-31(24(21)26)18-8-6-17(27)7-9-18/h6-15H,1-5H3. The highest BCUT2D eigenvalue weighted by molar-refractivity contribution is 7.07. The highest BCUT2D eigenvalue weighted by atomic mass is 35.5. The van der Waals surface area contributed by atoms with E-state index in [9.17, 15) is 4.39 Å². The first-order valence-corrected chi connectivity index (χ1v) is 12.1. The van der Waals surface area contributed by atoms with Crippen LogP contribution in [0.1, 0.15) is 25.1 Å². The monoisotopic (exact) mass is 513 g/mol. The maximum Gasteiger partial charge on any atom is 0.206 e. The molecule has 7 nitrogen and oxygen atoms in total. The van der Waals surface area contributed by atoms with Gasteiger partial charge in [-0.25, -0.2) is 13.7 Å². The molecule has 2 aromatic carbocycles. The van der Waals surface area contributed by atoms with Gasteiger partial charge in [-0.05, 0) is 63.2 Å². The van der Waals surface area contributed by atoms with Crippen molar-refractivity contribution in [1.82, 2.24) is 14.5 Å². The van der Waals surface area contributed by atoms with E-state index < -0.39 is 0 Å². The Morgan fingerprint density at radius 1 is 1.11 bits per heavy atom. The molecule has 0 radical (unpaired) electrons. The highest BCUT2D eigenvalue weighted by Gasteiger charge is 2.16. The van der Waals surface area contributed by atoms with E-state index in [0.29, 0.717) is 33.6 Å². The molecule has 4 rings (SSSR count). The molecule has 0 unspecified atom stereocenters. The first kappa shape index (κ1) is 24.7. The quantitative estimate of drug-likeness (QED) is 0.297. The zero-order valence-corrected chi connectivity index (χ0v) is 21.6. The van der Waals surface area contributed by atoms with Crippen LogP contribution in [0.25, 0.3) is 16.9 Å². The van der Waals surface area contributed by atoms with Gasteiger partial charge in [-0.15, -0.1) is 11.3 Å². The Kier molecular flexibility index (Phi) is 7.37. The Morgan fingerprint density at radius 2 is 1.86 bits per heavy atom. The molecule has 0 N–H and O–H groups in total. The molecule has 35 heavy (non-hydrogen) atoms. The average molecular weight is 514 g/mol. The van der Waals surface area contributed by atoms with Crippen molar-refractivity contribution in [1.29, 1.82) is 0 Å². The van der Waals surface area contributed by atoms with Crippen molar-refractivity contribution < 1.29 is 13.9 Å². The third-order valence-corrected chi connectivity index (χ3v) is 6.35. The predicted octanol–water partition coefficient (Wildman–Crippen LogP) is 5.71. The lowest BCUT2D eigenvalue weighted by Gasteiger charge is -2.11. The molecule has 0 aliphatic carbocycles. The van der Waals surface area contributed by atoms with E-state index in [1.165, 1.54) is 23.5 Å². The Hall–Kier alpha value is -3.43. The fourth-order valence-corrected chi connectivity index (χ4v) is 4.73. The van der Waals surface area contributed by atoms with Crippen LogP contribution in [0.4, 0.5) is 4.39 Å². The van der Waals surface area contributed by atoms with Gasteiger partial charge in [0.25, 0.3) is 0 Å². The van der Waals surface area contributed by atoms with Crippen LogP contribution in [0.15, 0.2) is 57.9 Å². The van der Waals surface area contributed by atoms with E-state index in [4.69, 9.17) is 31.2 Å². The van der Waals surface area contributed by atoms with Crippen LogP contribution >= 0.6 is 22.9 Å². The zero-order chi connectivity index (χ0) is 25.1. The van der Waals surface area contributed by atoms with Crippen molar-refractivity contribution in [2.24, 2.45) is 10.1 Å². The van der Waals surface area contributed by atoms with Crippen LogP contribution in [0, 0.1) is 12.7 Å². The number of benzene rings is 2. The maximum atomic E-state index is 13.4. The van der Waals surface area contributed by atoms with Gasteiger partial charge in [0.1, 0.15) is 22.5 Å². The first-order chi connectivity index (χ1) is 16.8. The summed E-state index contributed by atoms with van der Waals surface area (Å²) >= 11 is 8.14. The summed E-state index contributed by atoms with van der Waals surface area (Å²) in [4.78, 5) is 5.45. The molecule has 0 saturated heterocycles. The number of thiazole rings is 1. The predicted molar refractivity (Wildman–Crippen MR) is 138 cm³/mol. The molecular weight excluding hydrogens is 489 g/mol. The number of rotatable bonds is 7. The Labute approximate surface area is 211 Å². The van der Waals surface area contributed by atoms with Crippen molar-refractivity contribution >= 4 is 29.2 Å². The van der Waals surface area contributed by atoms with Gasteiger partial charge < -0.3 is 9.47 Å². The smallest absolute Gasteiger partial charge is 0.206 e. The van der Waals surface area contributed by atoms with Crippen molar-refractivity contribution in [2.75, 3.05) is 14.2 Å². The van der Waals surface area contributed by atoms with E-state index >= 15 is 0 Å². The summed E-state index contributed by atoms with van der Waals surface area (Å²) in [6.45, 7) is 5.86. The zero-order valence-electron chi connectivity index (χ0n) is 20.0. The van der Waals surface area contributed by atoms with Gasteiger partial charge in [0.05, 0.1) is 43.1 Å².